The SMILES string of the molecule is CCc1nccn1CCC(=O)N1CCC[C@H](Cc2nc3ccccc3[nH]2)C1. The van der Waals surface area contributed by atoms with Gasteiger partial charge in [0.05, 0.1) is 11.0 Å². The minimum Gasteiger partial charge on any atom is -0.342 e. The Morgan fingerprint density at radius 3 is 3.07 bits per heavy atom. The fourth-order valence-corrected chi connectivity index (χ4v) is 4.07. The molecule has 2 aromatic heterocycles. The van der Waals surface area contributed by atoms with Crippen molar-refractivity contribution < 1.29 is 4.79 Å². The summed E-state index contributed by atoms with van der Waals surface area (Å²) in [6, 6.07) is 8.13. The van der Waals surface area contributed by atoms with Crippen LogP contribution in [0, 0.1) is 5.92 Å². The second-order valence-corrected chi connectivity index (χ2v) is 7.39. The lowest BCUT2D eigenvalue weighted by Crippen LogP contribution is -2.40. The van der Waals surface area contributed by atoms with Crippen molar-refractivity contribution in [3.05, 3.63) is 48.3 Å². The van der Waals surface area contributed by atoms with Crippen molar-refractivity contribution >= 4 is 16.9 Å². The molecule has 4 rings (SSSR count). The van der Waals surface area contributed by atoms with Crippen molar-refractivity contribution in [3.63, 3.8) is 0 Å². The van der Waals surface area contributed by atoms with Gasteiger partial charge in [-0.05, 0) is 30.9 Å². The number of aromatic amines is 1. The molecule has 0 spiro atoms. The van der Waals surface area contributed by atoms with Gasteiger partial charge in [-0.15, -0.1) is 0 Å². The van der Waals surface area contributed by atoms with Gasteiger partial charge < -0.3 is 14.5 Å². The number of nitrogens with one attached hydrogen (secondary N) is 1. The Hall–Kier alpha value is -2.63. The number of aromatic nitrogens is 4. The lowest BCUT2D eigenvalue weighted by molar-refractivity contribution is -0.133. The van der Waals surface area contributed by atoms with Crippen molar-refractivity contribution in [1.82, 2.24) is 24.4 Å². The average Bonchev–Trinajstić information content (AvgIpc) is 3.31. The van der Waals surface area contributed by atoms with Crippen LogP contribution in [0.15, 0.2) is 36.7 Å². The van der Waals surface area contributed by atoms with Crippen LogP contribution in [0.4, 0.5) is 0 Å². The number of fused-ring (bicyclic) bond motifs is 1. The number of likely N-dealkylation sites (tertiary alicyclic amines) is 1. The number of amides is 1. The molecule has 142 valence electrons. The summed E-state index contributed by atoms with van der Waals surface area (Å²) in [5, 5.41) is 0. The van der Waals surface area contributed by atoms with Crippen LogP contribution in [-0.4, -0.2) is 43.4 Å². The Labute approximate surface area is 159 Å². The molecule has 6 nitrogen and oxygen atoms in total. The molecular formula is C21H27N5O. The summed E-state index contributed by atoms with van der Waals surface area (Å²) in [4.78, 5) is 27.2. The number of benzene rings is 1. The van der Waals surface area contributed by atoms with E-state index in [1.165, 1.54) is 0 Å². The van der Waals surface area contributed by atoms with Crippen LogP contribution in [0.3, 0.4) is 0 Å². The molecule has 27 heavy (non-hydrogen) atoms. The standard InChI is InChI=1S/C21H27N5O/c1-2-20-22-10-13-25(20)12-9-21(27)26-11-5-6-16(15-26)14-19-23-17-7-3-4-8-18(17)24-19/h3-4,7-8,10,13,16H,2,5-6,9,11-12,14-15H2,1H3,(H,23,24)/t16-/m1/s1. The van der Waals surface area contributed by atoms with Crippen LogP contribution in [0.1, 0.15) is 37.8 Å². The molecule has 1 N–H and O–H groups in total. The molecule has 0 bridgehead atoms. The van der Waals surface area contributed by atoms with E-state index in [0.717, 1.165) is 61.5 Å². The van der Waals surface area contributed by atoms with Gasteiger partial charge in [-0.2, -0.15) is 0 Å². The fourth-order valence-electron chi connectivity index (χ4n) is 4.07. The summed E-state index contributed by atoms with van der Waals surface area (Å²) in [5.74, 6) is 2.80. The monoisotopic (exact) mass is 365 g/mol. The lowest BCUT2D eigenvalue weighted by Gasteiger charge is -2.32. The third-order valence-electron chi connectivity index (χ3n) is 5.48. The maximum absolute atomic E-state index is 12.7. The molecule has 1 aliphatic rings. The Kier molecular flexibility index (Phi) is 5.23. The lowest BCUT2D eigenvalue weighted by atomic mass is 9.94. The molecule has 6 heteroatoms. The molecule has 0 aliphatic carbocycles. The quantitative estimate of drug-likeness (QED) is 0.729. The fraction of sp³-hybridized carbons (Fsp3) is 0.476. The second kappa shape index (κ2) is 7.94. The van der Waals surface area contributed by atoms with E-state index in [9.17, 15) is 4.79 Å². The van der Waals surface area contributed by atoms with E-state index in [4.69, 9.17) is 4.98 Å². The highest BCUT2D eigenvalue weighted by Crippen LogP contribution is 2.22. The van der Waals surface area contributed by atoms with E-state index >= 15 is 0 Å². The first-order valence-electron chi connectivity index (χ1n) is 9.94. The summed E-state index contributed by atoms with van der Waals surface area (Å²) < 4.78 is 2.09. The number of aryl methyl sites for hydroxylation is 2. The second-order valence-electron chi connectivity index (χ2n) is 7.39. The highest BCUT2D eigenvalue weighted by Gasteiger charge is 2.24. The van der Waals surface area contributed by atoms with Crippen molar-refractivity contribution in [2.75, 3.05) is 13.1 Å². The van der Waals surface area contributed by atoms with E-state index in [-0.39, 0.29) is 5.91 Å². The van der Waals surface area contributed by atoms with E-state index in [0.29, 0.717) is 18.9 Å². The first-order chi connectivity index (χ1) is 13.2. The molecule has 1 atom stereocenters. The van der Waals surface area contributed by atoms with Gasteiger partial charge in [0.25, 0.3) is 0 Å². The van der Waals surface area contributed by atoms with Gasteiger partial charge in [-0.3, -0.25) is 4.79 Å². The van der Waals surface area contributed by atoms with Crippen LogP contribution in [0.25, 0.3) is 11.0 Å². The summed E-state index contributed by atoms with van der Waals surface area (Å²) >= 11 is 0. The Morgan fingerprint density at radius 1 is 1.33 bits per heavy atom. The van der Waals surface area contributed by atoms with E-state index in [1.54, 1.807) is 0 Å². The normalized spacial score (nSPS) is 17.5. The Morgan fingerprint density at radius 2 is 2.22 bits per heavy atom. The maximum atomic E-state index is 12.7. The van der Waals surface area contributed by atoms with Crippen LogP contribution in [0.5, 0.6) is 0 Å². The van der Waals surface area contributed by atoms with Gasteiger partial charge in [0.2, 0.25) is 5.91 Å². The minimum absolute atomic E-state index is 0.250. The average molecular weight is 365 g/mol. The number of hydrogen-bond donors (Lipinski definition) is 1. The van der Waals surface area contributed by atoms with Crippen LogP contribution in [0.2, 0.25) is 0 Å². The first-order valence-corrected chi connectivity index (χ1v) is 9.94. The summed E-state index contributed by atoms with van der Waals surface area (Å²) in [6.45, 7) is 4.52. The van der Waals surface area contributed by atoms with Crippen LogP contribution >= 0.6 is 0 Å². The van der Waals surface area contributed by atoms with Gasteiger partial charge in [0.15, 0.2) is 0 Å². The molecule has 1 fully saturated rings. The zero-order chi connectivity index (χ0) is 18.6. The Balaban J connectivity index is 1.33. The van der Waals surface area contributed by atoms with Gasteiger partial charge in [-0.25, -0.2) is 9.97 Å². The molecule has 0 radical (unpaired) electrons. The third kappa shape index (κ3) is 4.04. The van der Waals surface area contributed by atoms with Crippen molar-refractivity contribution in [3.8, 4) is 0 Å². The maximum Gasteiger partial charge on any atom is 0.224 e. The third-order valence-corrected chi connectivity index (χ3v) is 5.48. The molecular weight excluding hydrogens is 338 g/mol. The van der Waals surface area contributed by atoms with Crippen molar-refractivity contribution in [2.45, 2.75) is 45.6 Å². The molecule has 1 saturated heterocycles. The Bertz CT molecular complexity index is 879. The zero-order valence-corrected chi connectivity index (χ0v) is 15.9. The molecule has 1 aromatic carbocycles. The minimum atomic E-state index is 0.250. The van der Waals surface area contributed by atoms with Crippen LogP contribution in [-0.2, 0) is 24.2 Å². The molecule has 3 heterocycles. The van der Waals surface area contributed by atoms with E-state index < -0.39 is 0 Å². The summed E-state index contributed by atoms with van der Waals surface area (Å²) in [6.07, 6.45) is 8.34. The van der Waals surface area contributed by atoms with E-state index in [2.05, 4.69) is 27.5 Å². The van der Waals surface area contributed by atoms with Crippen molar-refractivity contribution in [1.29, 1.82) is 0 Å². The van der Waals surface area contributed by atoms with Gasteiger partial charge in [-0.1, -0.05) is 19.1 Å². The summed E-state index contributed by atoms with van der Waals surface area (Å²) in [5.41, 5.74) is 2.10. The molecule has 1 aliphatic heterocycles. The molecule has 0 unspecified atom stereocenters. The number of piperidine rings is 1. The topological polar surface area (TPSA) is 66.8 Å². The number of nitrogens with zero attached hydrogens (tertiary/aromatic N) is 4. The largest absolute Gasteiger partial charge is 0.342 e. The number of hydrogen-bond acceptors (Lipinski definition) is 3. The predicted molar refractivity (Wildman–Crippen MR) is 105 cm³/mol. The predicted octanol–water partition coefficient (Wildman–Crippen LogP) is 3.19. The highest BCUT2D eigenvalue weighted by molar-refractivity contribution is 5.76. The first kappa shape index (κ1) is 17.8. The number of carbonyl (C=O) groups excluding carboxylic acids is 1. The number of rotatable bonds is 6. The smallest absolute Gasteiger partial charge is 0.224 e. The molecule has 1 amide bonds. The zero-order valence-electron chi connectivity index (χ0n) is 15.9. The molecule has 3 aromatic rings. The number of carbonyl (C=O) groups is 1. The number of H-pyrrole nitrogens is 1. The number of para-hydroxylation sites is 2. The van der Waals surface area contributed by atoms with Crippen LogP contribution < -0.4 is 0 Å². The van der Waals surface area contributed by atoms with E-state index in [1.807, 2.05) is 35.5 Å². The number of imidazole rings is 2. The van der Waals surface area contributed by atoms with Crippen molar-refractivity contribution in [2.24, 2.45) is 5.92 Å². The van der Waals surface area contributed by atoms with Gasteiger partial charge in [0, 0.05) is 51.3 Å². The summed E-state index contributed by atoms with van der Waals surface area (Å²) in [7, 11) is 0. The highest BCUT2D eigenvalue weighted by atomic mass is 16.2. The van der Waals surface area contributed by atoms with Gasteiger partial charge >= 0.3 is 0 Å². The molecule has 0 saturated carbocycles. The van der Waals surface area contributed by atoms with Gasteiger partial charge in [0.1, 0.15) is 11.6 Å².